The van der Waals surface area contributed by atoms with Gasteiger partial charge < -0.3 is 4.90 Å². The maximum Gasteiger partial charge on any atom is 0.253 e. The topological polar surface area (TPSA) is 20.3 Å². The van der Waals surface area contributed by atoms with Crippen molar-refractivity contribution < 1.29 is 4.79 Å². The number of nitrogens with zero attached hydrogens (tertiary/aromatic N) is 1. The molecule has 0 spiro atoms. The largest absolute Gasteiger partial charge is 0.312 e. The molecule has 2 aromatic carbocycles. The second kappa shape index (κ2) is 6.01. The Labute approximate surface area is 114 Å². The molecule has 0 N–H and O–H groups in total. The standard InChI is InChI=1S/C17H17NO/c1-14(13-15-9-5-3-6-10-15)17(19)18(2)16-11-7-4-8-12-16/h3-13H,1-2H3. The highest BCUT2D eigenvalue weighted by Crippen LogP contribution is 2.15. The van der Waals surface area contributed by atoms with Crippen LogP contribution in [0.5, 0.6) is 0 Å². The minimum Gasteiger partial charge on any atom is -0.312 e. The van der Waals surface area contributed by atoms with Crippen LogP contribution in [-0.2, 0) is 4.79 Å². The van der Waals surface area contributed by atoms with Gasteiger partial charge in [0.15, 0.2) is 0 Å². The van der Waals surface area contributed by atoms with E-state index in [0.717, 1.165) is 16.8 Å². The van der Waals surface area contributed by atoms with Crippen LogP contribution < -0.4 is 4.90 Å². The molecule has 96 valence electrons. The lowest BCUT2D eigenvalue weighted by Gasteiger charge is -2.17. The average molecular weight is 251 g/mol. The van der Waals surface area contributed by atoms with E-state index in [2.05, 4.69) is 0 Å². The highest BCUT2D eigenvalue weighted by atomic mass is 16.2. The van der Waals surface area contributed by atoms with Gasteiger partial charge in [0.05, 0.1) is 0 Å². The normalized spacial score (nSPS) is 11.2. The Morgan fingerprint density at radius 1 is 0.947 bits per heavy atom. The molecule has 1 amide bonds. The Morgan fingerprint density at radius 2 is 1.47 bits per heavy atom. The smallest absolute Gasteiger partial charge is 0.253 e. The predicted molar refractivity (Wildman–Crippen MR) is 79.9 cm³/mol. The van der Waals surface area contributed by atoms with Crippen LogP contribution in [0, 0.1) is 0 Å². The third-order valence-electron chi connectivity index (χ3n) is 2.97. The van der Waals surface area contributed by atoms with Gasteiger partial charge in [-0.2, -0.15) is 0 Å². The summed E-state index contributed by atoms with van der Waals surface area (Å²) in [5, 5.41) is 0. The fourth-order valence-electron chi connectivity index (χ4n) is 1.89. The Hall–Kier alpha value is -2.35. The van der Waals surface area contributed by atoms with Crippen molar-refractivity contribution >= 4 is 17.7 Å². The monoisotopic (exact) mass is 251 g/mol. The molecule has 0 saturated heterocycles. The number of carbonyl (C=O) groups excluding carboxylic acids is 1. The molecule has 2 rings (SSSR count). The summed E-state index contributed by atoms with van der Waals surface area (Å²) >= 11 is 0. The van der Waals surface area contributed by atoms with E-state index in [1.807, 2.05) is 73.7 Å². The molecule has 2 aromatic rings. The molecule has 0 fully saturated rings. The number of amides is 1. The number of rotatable bonds is 3. The Bertz CT molecular complexity index is 573. The first kappa shape index (κ1) is 13.1. The zero-order valence-corrected chi connectivity index (χ0v) is 11.2. The number of anilines is 1. The van der Waals surface area contributed by atoms with Gasteiger partial charge in [-0.1, -0.05) is 48.5 Å². The van der Waals surface area contributed by atoms with Gasteiger partial charge >= 0.3 is 0 Å². The highest BCUT2D eigenvalue weighted by Gasteiger charge is 2.12. The number of hydrogen-bond acceptors (Lipinski definition) is 1. The summed E-state index contributed by atoms with van der Waals surface area (Å²) in [4.78, 5) is 14.0. The quantitative estimate of drug-likeness (QED) is 0.761. The van der Waals surface area contributed by atoms with E-state index in [0.29, 0.717) is 0 Å². The highest BCUT2D eigenvalue weighted by molar-refractivity contribution is 6.07. The third-order valence-corrected chi connectivity index (χ3v) is 2.97. The van der Waals surface area contributed by atoms with E-state index in [-0.39, 0.29) is 5.91 Å². The summed E-state index contributed by atoms with van der Waals surface area (Å²) < 4.78 is 0. The number of para-hydroxylation sites is 1. The van der Waals surface area contributed by atoms with Crippen LogP contribution in [0.4, 0.5) is 5.69 Å². The summed E-state index contributed by atoms with van der Waals surface area (Å²) in [7, 11) is 1.79. The third kappa shape index (κ3) is 3.32. The number of likely N-dealkylation sites (N-methyl/N-ethyl adjacent to an activating group) is 1. The fraction of sp³-hybridized carbons (Fsp3) is 0.118. The van der Waals surface area contributed by atoms with E-state index >= 15 is 0 Å². The number of benzene rings is 2. The van der Waals surface area contributed by atoms with E-state index in [9.17, 15) is 4.79 Å². The second-order valence-electron chi connectivity index (χ2n) is 4.44. The molecule has 0 aliphatic rings. The first-order valence-corrected chi connectivity index (χ1v) is 6.25. The molecule has 0 aromatic heterocycles. The van der Waals surface area contributed by atoms with Crippen molar-refractivity contribution in [3.63, 3.8) is 0 Å². The SMILES string of the molecule is CC(=Cc1ccccc1)C(=O)N(C)c1ccccc1. The molecule has 0 aliphatic carbocycles. The van der Waals surface area contributed by atoms with Crippen LogP contribution in [0.25, 0.3) is 6.08 Å². The van der Waals surface area contributed by atoms with Crippen molar-refractivity contribution in [2.45, 2.75) is 6.92 Å². The Kier molecular flexibility index (Phi) is 4.14. The summed E-state index contributed by atoms with van der Waals surface area (Å²) in [6.45, 7) is 1.84. The minimum atomic E-state index is 0.00931. The first-order chi connectivity index (χ1) is 9.18. The lowest BCUT2D eigenvalue weighted by atomic mass is 10.1. The van der Waals surface area contributed by atoms with Gasteiger partial charge in [-0.3, -0.25) is 4.79 Å². The predicted octanol–water partition coefficient (Wildman–Crippen LogP) is 3.75. The maximum absolute atomic E-state index is 12.3. The van der Waals surface area contributed by atoms with Crippen LogP contribution in [0.1, 0.15) is 12.5 Å². The average Bonchev–Trinajstić information content (AvgIpc) is 2.47. The lowest BCUT2D eigenvalue weighted by Crippen LogP contribution is -2.26. The summed E-state index contributed by atoms with van der Waals surface area (Å²) in [6.07, 6.45) is 1.90. The van der Waals surface area contributed by atoms with Crippen LogP contribution in [-0.4, -0.2) is 13.0 Å². The first-order valence-electron chi connectivity index (χ1n) is 6.25. The van der Waals surface area contributed by atoms with Crippen molar-refractivity contribution in [1.82, 2.24) is 0 Å². The van der Waals surface area contributed by atoms with Crippen molar-refractivity contribution in [3.8, 4) is 0 Å². The zero-order chi connectivity index (χ0) is 13.7. The summed E-state index contributed by atoms with van der Waals surface area (Å²) in [5.41, 5.74) is 2.65. The van der Waals surface area contributed by atoms with E-state index in [4.69, 9.17) is 0 Å². The lowest BCUT2D eigenvalue weighted by molar-refractivity contribution is -0.114. The van der Waals surface area contributed by atoms with Crippen molar-refractivity contribution in [2.24, 2.45) is 0 Å². The van der Waals surface area contributed by atoms with Gasteiger partial charge in [-0.15, -0.1) is 0 Å². The van der Waals surface area contributed by atoms with Gasteiger partial charge in [0, 0.05) is 18.3 Å². The van der Waals surface area contributed by atoms with Crippen LogP contribution in [0.15, 0.2) is 66.2 Å². The van der Waals surface area contributed by atoms with Crippen molar-refractivity contribution in [2.75, 3.05) is 11.9 Å². The van der Waals surface area contributed by atoms with Crippen LogP contribution >= 0.6 is 0 Å². The van der Waals surface area contributed by atoms with Gasteiger partial charge in [0.2, 0.25) is 0 Å². The molecule has 0 saturated carbocycles. The molecular weight excluding hydrogens is 234 g/mol. The van der Waals surface area contributed by atoms with E-state index in [1.165, 1.54) is 0 Å². The summed E-state index contributed by atoms with van der Waals surface area (Å²) in [5.74, 6) is 0.00931. The molecular formula is C17H17NO. The molecule has 0 atom stereocenters. The van der Waals surface area contributed by atoms with Crippen molar-refractivity contribution in [3.05, 3.63) is 71.8 Å². The van der Waals surface area contributed by atoms with Gasteiger partial charge in [0.25, 0.3) is 5.91 Å². The van der Waals surface area contributed by atoms with E-state index < -0.39 is 0 Å². The van der Waals surface area contributed by atoms with Gasteiger partial charge in [-0.05, 0) is 30.7 Å². The van der Waals surface area contributed by atoms with Crippen LogP contribution in [0.2, 0.25) is 0 Å². The molecule has 0 bridgehead atoms. The van der Waals surface area contributed by atoms with E-state index in [1.54, 1.807) is 11.9 Å². The Morgan fingerprint density at radius 3 is 2.05 bits per heavy atom. The van der Waals surface area contributed by atoms with Gasteiger partial charge in [-0.25, -0.2) is 0 Å². The molecule has 0 radical (unpaired) electrons. The Balaban J connectivity index is 2.18. The molecule has 19 heavy (non-hydrogen) atoms. The number of carbonyl (C=O) groups is 1. The maximum atomic E-state index is 12.3. The van der Waals surface area contributed by atoms with Crippen LogP contribution in [0.3, 0.4) is 0 Å². The number of hydrogen-bond donors (Lipinski definition) is 0. The minimum absolute atomic E-state index is 0.00931. The fourth-order valence-corrected chi connectivity index (χ4v) is 1.89. The molecule has 0 aliphatic heterocycles. The van der Waals surface area contributed by atoms with Gasteiger partial charge in [0.1, 0.15) is 0 Å². The molecule has 2 nitrogen and oxygen atoms in total. The molecule has 0 unspecified atom stereocenters. The van der Waals surface area contributed by atoms with Crippen molar-refractivity contribution in [1.29, 1.82) is 0 Å². The molecule has 2 heteroatoms. The zero-order valence-electron chi connectivity index (χ0n) is 11.2. The molecule has 0 heterocycles. The summed E-state index contributed by atoms with van der Waals surface area (Å²) in [6, 6.07) is 19.5. The second-order valence-corrected chi connectivity index (χ2v) is 4.44.